The molecule has 20 heavy (non-hydrogen) atoms. The highest BCUT2D eigenvalue weighted by molar-refractivity contribution is 6.55. The normalized spacial score (nSPS) is 25.6. The fourth-order valence-electron chi connectivity index (χ4n) is 2.18. The van der Waals surface area contributed by atoms with Crippen LogP contribution in [0.2, 0.25) is 0 Å². The van der Waals surface area contributed by atoms with Gasteiger partial charge in [-0.1, -0.05) is 58.1 Å². The molecule has 2 aliphatic rings. The lowest BCUT2D eigenvalue weighted by molar-refractivity contribution is 0.00578. The van der Waals surface area contributed by atoms with Gasteiger partial charge in [0.25, 0.3) is 0 Å². The summed E-state index contributed by atoms with van der Waals surface area (Å²) in [7, 11) is -0.266. The van der Waals surface area contributed by atoms with Crippen molar-refractivity contribution < 1.29 is 9.31 Å². The van der Waals surface area contributed by atoms with Gasteiger partial charge in [0.2, 0.25) is 0 Å². The molecule has 0 N–H and O–H groups in total. The summed E-state index contributed by atoms with van der Waals surface area (Å²) in [6.07, 6.45) is 10.5. The standard InChI is InChI=1S/C15H23BO2.C2H6/c1-13(2)11-9-7-8-10-12(13)16-17-14(3,4)15(5,6)18-16;1-2/h7-11H,1-6H3;1-2H3. The van der Waals surface area contributed by atoms with E-state index in [2.05, 4.69) is 59.8 Å². The molecule has 112 valence electrons. The molecule has 0 unspecified atom stereocenters. The third-order valence-electron chi connectivity index (χ3n) is 4.26. The summed E-state index contributed by atoms with van der Waals surface area (Å²) in [6, 6.07) is 0. The van der Waals surface area contributed by atoms with Gasteiger partial charge in [-0.2, -0.15) is 0 Å². The first-order valence-electron chi connectivity index (χ1n) is 7.58. The molecule has 0 aromatic heterocycles. The summed E-state index contributed by atoms with van der Waals surface area (Å²) < 4.78 is 12.3. The van der Waals surface area contributed by atoms with Crippen LogP contribution < -0.4 is 0 Å². The minimum atomic E-state index is -0.283. The van der Waals surface area contributed by atoms with Crippen molar-refractivity contribution in [2.45, 2.75) is 66.6 Å². The van der Waals surface area contributed by atoms with Gasteiger partial charge in [0.05, 0.1) is 11.2 Å². The molecule has 0 aromatic rings. The number of rotatable bonds is 1. The zero-order valence-electron chi connectivity index (χ0n) is 14.3. The third kappa shape index (κ3) is 3.26. The predicted octanol–water partition coefficient (Wildman–Crippen LogP) is 4.72. The summed E-state index contributed by atoms with van der Waals surface area (Å²) in [6.45, 7) is 16.7. The second-order valence-corrected chi connectivity index (χ2v) is 6.68. The van der Waals surface area contributed by atoms with E-state index in [1.54, 1.807) is 0 Å². The van der Waals surface area contributed by atoms with Crippen molar-refractivity contribution in [3.8, 4) is 0 Å². The van der Waals surface area contributed by atoms with Gasteiger partial charge >= 0.3 is 7.12 Å². The maximum Gasteiger partial charge on any atom is 0.491 e. The van der Waals surface area contributed by atoms with Crippen LogP contribution in [0.25, 0.3) is 0 Å². The topological polar surface area (TPSA) is 18.5 Å². The fourth-order valence-corrected chi connectivity index (χ4v) is 2.18. The van der Waals surface area contributed by atoms with Crippen LogP contribution in [-0.4, -0.2) is 18.3 Å². The van der Waals surface area contributed by atoms with Crippen molar-refractivity contribution in [2.24, 2.45) is 5.41 Å². The largest absolute Gasteiger partial charge is 0.491 e. The average Bonchev–Trinajstić information content (AvgIpc) is 2.48. The van der Waals surface area contributed by atoms with E-state index in [9.17, 15) is 0 Å². The van der Waals surface area contributed by atoms with Gasteiger partial charge in [-0.25, -0.2) is 0 Å². The molecule has 1 aliphatic carbocycles. The lowest BCUT2D eigenvalue weighted by Crippen LogP contribution is -2.41. The molecular weight excluding hydrogens is 247 g/mol. The molecule has 0 atom stereocenters. The van der Waals surface area contributed by atoms with E-state index in [1.807, 2.05) is 26.0 Å². The van der Waals surface area contributed by atoms with Crippen LogP contribution in [0.15, 0.2) is 35.9 Å². The molecule has 0 aromatic carbocycles. The van der Waals surface area contributed by atoms with Crippen LogP contribution in [0.3, 0.4) is 0 Å². The maximum atomic E-state index is 6.14. The number of allylic oxidation sites excluding steroid dienone is 6. The van der Waals surface area contributed by atoms with Gasteiger partial charge in [-0.15, -0.1) is 0 Å². The molecule has 0 saturated carbocycles. The molecular formula is C17H29BO2. The van der Waals surface area contributed by atoms with Crippen molar-refractivity contribution >= 4 is 7.12 Å². The highest BCUT2D eigenvalue weighted by atomic mass is 16.7. The van der Waals surface area contributed by atoms with Crippen LogP contribution in [0.5, 0.6) is 0 Å². The Balaban J connectivity index is 0.000000956. The Hall–Kier alpha value is -0.795. The van der Waals surface area contributed by atoms with Crippen LogP contribution in [0.4, 0.5) is 0 Å². The van der Waals surface area contributed by atoms with Gasteiger partial charge in [0, 0.05) is 5.41 Å². The van der Waals surface area contributed by atoms with Crippen molar-refractivity contribution in [2.75, 3.05) is 0 Å². The van der Waals surface area contributed by atoms with Gasteiger partial charge in [-0.05, 0) is 33.2 Å². The summed E-state index contributed by atoms with van der Waals surface area (Å²) in [5.74, 6) is 0. The SMILES string of the molecule is CC.CC1(C)C=CC=CC=C1B1OC(C)(C)C(C)(C)O1. The summed E-state index contributed by atoms with van der Waals surface area (Å²) in [5, 5.41) is 0. The maximum absolute atomic E-state index is 6.14. The first-order chi connectivity index (χ1) is 9.16. The Kier molecular flexibility index (Phi) is 5.10. The Morgan fingerprint density at radius 1 is 0.800 bits per heavy atom. The summed E-state index contributed by atoms with van der Waals surface area (Å²) in [5.41, 5.74) is 0.555. The Labute approximate surface area is 125 Å². The van der Waals surface area contributed by atoms with Crippen LogP contribution in [0, 0.1) is 5.41 Å². The molecule has 1 aliphatic heterocycles. The molecule has 2 rings (SSSR count). The number of hydrogen-bond donors (Lipinski definition) is 0. The van der Waals surface area contributed by atoms with Crippen molar-refractivity contribution in [1.29, 1.82) is 0 Å². The molecule has 3 heteroatoms. The smallest absolute Gasteiger partial charge is 0.400 e. The first-order valence-corrected chi connectivity index (χ1v) is 7.58. The molecule has 0 radical (unpaired) electrons. The Bertz CT molecular complexity index is 412. The second kappa shape index (κ2) is 5.91. The molecule has 1 heterocycles. The van der Waals surface area contributed by atoms with Crippen LogP contribution in [0.1, 0.15) is 55.4 Å². The lowest BCUT2D eigenvalue weighted by atomic mass is 9.64. The molecule has 0 bridgehead atoms. The van der Waals surface area contributed by atoms with E-state index in [1.165, 1.54) is 5.47 Å². The second-order valence-electron chi connectivity index (χ2n) is 6.68. The fraction of sp³-hybridized carbons (Fsp3) is 0.647. The molecule has 1 saturated heterocycles. The Morgan fingerprint density at radius 3 is 1.80 bits per heavy atom. The van der Waals surface area contributed by atoms with Gasteiger partial charge in [0.15, 0.2) is 0 Å². The third-order valence-corrected chi connectivity index (χ3v) is 4.26. The molecule has 0 amide bonds. The highest BCUT2D eigenvalue weighted by Crippen LogP contribution is 2.43. The minimum Gasteiger partial charge on any atom is -0.400 e. The van der Waals surface area contributed by atoms with Gasteiger partial charge < -0.3 is 9.31 Å². The van der Waals surface area contributed by atoms with E-state index >= 15 is 0 Å². The zero-order chi connectivity index (χ0) is 15.6. The summed E-state index contributed by atoms with van der Waals surface area (Å²) >= 11 is 0. The van der Waals surface area contributed by atoms with E-state index in [0.29, 0.717) is 0 Å². The lowest BCUT2D eigenvalue weighted by Gasteiger charge is -2.32. The monoisotopic (exact) mass is 276 g/mol. The molecule has 1 fully saturated rings. The van der Waals surface area contributed by atoms with E-state index in [0.717, 1.165) is 0 Å². The molecule has 0 spiro atoms. The zero-order valence-corrected chi connectivity index (χ0v) is 14.3. The van der Waals surface area contributed by atoms with Crippen LogP contribution >= 0.6 is 0 Å². The van der Waals surface area contributed by atoms with Gasteiger partial charge in [-0.3, -0.25) is 0 Å². The van der Waals surface area contributed by atoms with E-state index in [-0.39, 0.29) is 23.7 Å². The average molecular weight is 276 g/mol. The predicted molar refractivity (Wildman–Crippen MR) is 87.6 cm³/mol. The first kappa shape index (κ1) is 17.3. The van der Waals surface area contributed by atoms with Crippen molar-refractivity contribution in [3.05, 3.63) is 35.9 Å². The quantitative estimate of drug-likeness (QED) is 0.645. The van der Waals surface area contributed by atoms with Crippen molar-refractivity contribution in [1.82, 2.24) is 0 Å². The molecule has 2 nitrogen and oxygen atoms in total. The minimum absolute atomic E-state index is 0.0509. The van der Waals surface area contributed by atoms with Crippen LogP contribution in [-0.2, 0) is 9.31 Å². The van der Waals surface area contributed by atoms with Crippen molar-refractivity contribution in [3.63, 3.8) is 0 Å². The Morgan fingerprint density at radius 2 is 1.30 bits per heavy atom. The highest BCUT2D eigenvalue weighted by Gasteiger charge is 2.53. The van der Waals surface area contributed by atoms with E-state index in [4.69, 9.17) is 9.31 Å². The summed E-state index contributed by atoms with van der Waals surface area (Å²) in [4.78, 5) is 0. The van der Waals surface area contributed by atoms with E-state index < -0.39 is 0 Å². The van der Waals surface area contributed by atoms with Gasteiger partial charge in [0.1, 0.15) is 0 Å². The number of hydrogen-bond acceptors (Lipinski definition) is 2.